The number of amides is 1. The van der Waals surface area contributed by atoms with Gasteiger partial charge in [0.25, 0.3) is 0 Å². The van der Waals surface area contributed by atoms with E-state index in [1.165, 1.54) is 4.90 Å². The van der Waals surface area contributed by atoms with Crippen LogP contribution in [-0.2, 0) is 14.3 Å². The third-order valence-corrected chi connectivity index (χ3v) is 5.91. The molecule has 29 heavy (non-hydrogen) atoms. The number of hydrogen-bond donors (Lipinski definition) is 2. The first-order valence-corrected chi connectivity index (χ1v) is 9.98. The van der Waals surface area contributed by atoms with Gasteiger partial charge < -0.3 is 24.6 Å². The van der Waals surface area contributed by atoms with Crippen LogP contribution in [0.15, 0.2) is 30.0 Å². The minimum atomic E-state index is -1.12. The highest BCUT2D eigenvalue weighted by Gasteiger charge is 2.56. The second-order valence-corrected chi connectivity index (χ2v) is 7.71. The van der Waals surface area contributed by atoms with Crippen LogP contribution >= 0.6 is 0 Å². The van der Waals surface area contributed by atoms with Crippen molar-refractivity contribution in [2.24, 2.45) is 5.92 Å². The fourth-order valence-corrected chi connectivity index (χ4v) is 4.40. The first-order valence-electron chi connectivity index (χ1n) is 9.98. The molecule has 0 unspecified atom stereocenters. The molecule has 2 saturated heterocycles. The van der Waals surface area contributed by atoms with Crippen LogP contribution in [0.25, 0.3) is 5.57 Å². The fourth-order valence-electron chi connectivity index (χ4n) is 4.40. The van der Waals surface area contributed by atoms with Crippen molar-refractivity contribution in [1.82, 2.24) is 9.80 Å². The number of carboxylic acids is 1. The number of fused-ring (bicyclic) bond motifs is 1. The molecule has 1 aromatic carbocycles. The summed E-state index contributed by atoms with van der Waals surface area (Å²) in [7, 11) is 0. The van der Waals surface area contributed by atoms with Crippen LogP contribution < -0.4 is 4.74 Å². The van der Waals surface area contributed by atoms with E-state index in [2.05, 4.69) is 4.90 Å². The summed E-state index contributed by atoms with van der Waals surface area (Å²) in [6.07, 6.45) is -0.361. The van der Waals surface area contributed by atoms with Crippen molar-refractivity contribution in [3.63, 3.8) is 0 Å². The van der Waals surface area contributed by atoms with Crippen molar-refractivity contribution in [1.29, 1.82) is 0 Å². The van der Waals surface area contributed by atoms with E-state index in [1.54, 1.807) is 6.92 Å². The number of ether oxygens (including phenoxy) is 2. The van der Waals surface area contributed by atoms with E-state index in [4.69, 9.17) is 9.47 Å². The van der Waals surface area contributed by atoms with Gasteiger partial charge in [-0.05, 0) is 36.6 Å². The Morgan fingerprint density at radius 1 is 1.28 bits per heavy atom. The highest BCUT2D eigenvalue weighted by molar-refractivity contribution is 6.06. The molecule has 0 bridgehead atoms. The molecular formula is C21H26N2O6. The van der Waals surface area contributed by atoms with Gasteiger partial charge in [-0.3, -0.25) is 9.69 Å². The standard InChI is InChI=1S/C21H26N2O6/c1-13(24)18-17-12-16(19(21(26)27)23(17)20(18)25)14-2-4-15(5-3-14)29-11-8-22-6-9-28-10-7-22/h2-5,13,17-18,24H,6-12H2,1H3,(H,26,27)/t13-,17-,18-/m1/s1. The molecule has 1 aromatic rings. The Labute approximate surface area is 169 Å². The maximum Gasteiger partial charge on any atom is 0.352 e. The van der Waals surface area contributed by atoms with Crippen LogP contribution in [0.3, 0.4) is 0 Å². The predicted molar refractivity (Wildman–Crippen MR) is 104 cm³/mol. The Kier molecular flexibility index (Phi) is 5.58. The molecular weight excluding hydrogens is 376 g/mol. The number of morpholine rings is 1. The number of aliphatic carboxylic acids is 1. The summed E-state index contributed by atoms with van der Waals surface area (Å²) < 4.78 is 11.1. The van der Waals surface area contributed by atoms with Crippen LogP contribution in [0.1, 0.15) is 18.9 Å². The average Bonchev–Trinajstić information content (AvgIpc) is 3.04. The van der Waals surface area contributed by atoms with Crippen molar-refractivity contribution in [3.8, 4) is 5.75 Å². The van der Waals surface area contributed by atoms with E-state index in [1.807, 2.05) is 24.3 Å². The van der Waals surface area contributed by atoms with E-state index in [9.17, 15) is 19.8 Å². The van der Waals surface area contributed by atoms with E-state index in [0.717, 1.165) is 44.2 Å². The normalized spacial score (nSPS) is 25.6. The number of β-lactam (4-membered cyclic amide) rings is 1. The van der Waals surface area contributed by atoms with E-state index in [0.29, 0.717) is 18.6 Å². The predicted octanol–water partition coefficient (Wildman–Crippen LogP) is 0.805. The van der Waals surface area contributed by atoms with Crippen molar-refractivity contribution in [2.45, 2.75) is 25.5 Å². The second-order valence-electron chi connectivity index (χ2n) is 7.71. The number of carbonyl (C=O) groups excluding carboxylic acids is 1. The summed E-state index contributed by atoms with van der Waals surface area (Å²) in [5.41, 5.74) is 1.41. The van der Waals surface area contributed by atoms with Gasteiger partial charge in [-0.1, -0.05) is 12.1 Å². The number of carboxylic acid groups (broad SMARTS) is 1. The van der Waals surface area contributed by atoms with Gasteiger partial charge in [-0.2, -0.15) is 0 Å². The lowest BCUT2D eigenvalue weighted by Crippen LogP contribution is -2.61. The summed E-state index contributed by atoms with van der Waals surface area (Å²) >= 11 is 0. The molecule has 0 spiro atoms. The van der Waals surface area contributed by atoms with Gasteiger partial charge in [-0.15, -0.1) is 0 Å². The Balaban J connectivity index is 1.43. The quantitative estimate of drug-likeness (QED) is 0.651. The highest BCUT2D eigenvalue weighted by Crippen LogP contribution is 2.47. The van der Waals surface area contributed by atoms with E-state index >= 15 is 0 Å². The molecule has 1 amide bonds. The molecule has 2 fully saturated rings. The molecule has 8 heteroatoms. The number of aliphatic hydroxyl groups excluding tert-OH is 1. The third-order valence-electron chi connectivity index (χ3n) is 5.91. The summed E-state index contributed by atoms with van der Waals surface area (Å²) in [5.74, 6) is -1.26. The summed E-state index contributed by atoms with van der Waals surface area (Å²) in [4.78, 5) is 27.7. The first-order chi connectivity index (χ1) is 14.0. The third kappa shape index (κ3) is 3.75. The van der Waals surface area contributed by atoms with Crippen molar-refractivity contribution in [3.05, 3.63) is 35.5 Å². The van der Waals surface area contributed by atoms with Crippen LogP contribution in [0, 0.1) is 5.92 Å². The number of aliphatic hydroxyl groups is 1. The topological polar surface area (TPSA) is 99.5 Å². The zero-order valence-corrected chi connectivity index (χ0v) is 16.4. The van der Waals surface area contributed by atoms with Crippen LogP contribution in [0.5, 0.6) is 5.75 Å². The molecule has 3 aliphatic rings. The average molecular weight is 402 g/mol. The molecule has 0 saturated carbocycles. The summed E-state index contributed by atoms with van der Waals surface area (Å²) in [6, 6.07) is 7.02. The number of carbonyl (C=O) groups is 2. The zero-order chi connectivity index (χ0) is 20.5. The number of benzene rings is 1. The molecule has 3 atom stereocenters. The highest BCUT2D eigenvalue weighted by atomic mass is 16.5. The van der Waals surface area contributed by atoms with Crippen molar-refractivity contribution < 1.29 is 29.3 Å². The maximum absolute atomic E-state index is 12.3. The smallest absolute Gasteiger partial charge is 0.352 e. The fraction of sp³-hybridized carbons (Fsp3) is 0.524. The van der Waals surface area contributed by atoms with Crippen molar-refractivity contribution in [2.75, 3.05) is 39.5 Å². The molecule has 156 valence electrons. The monoisotopic (exact) mass is 402 g/mol. The molecule has 3 aliphatic heterocycles. The van der Waals surface area contributed by atoms with Gasteiger partial charge in [0.2, 0.25) is 5.91 Å². The SMILES string of the molecule is C[C@@H](O)[C@H]1C(=O)N2C(C(=O)O)=C(c3ccc(OCCN4CCOCC4)cc3)C[C@H]12. The lowest BCUT2D eigenvalue weighted by Gasteiger charge is -2.44. The van der Waals surface area contributed by atoms with E-state index < -0.39 is 18.0 Å². The van der Waals surface area contributed by atoms with E-state index in [-0.39, 0.29) is 17.6 Å². The molecule has 0 aromatic heterocycles. The Morgan fingerprint density at radius 3 is 2.59 bits per heavy atom. The molecule has 0 radical (unpaired) electrons. The molecule has 2 N–H and O–H groups in total. The van der Waals surface area contributed by atoms with Crippen LogP contribution in [0.4, 0.5) is 0 Å². The maximum atomic E-state index is 12.3. The largest absolute Gasteiger partial charge is 0.492 e. The van der Waals surface area contributed by atoms with Crippen LogP contribution in [-0.4, -0.2) is 83.5 Å². The van der Waals surface area contributed by atoms with Gasteiger partial charge in [0.05, 0.1) is 31.3 Å². The lowest BCUT2D eigenvalue weighted by molar-refractivity contribution is -0.161. The zero-order valence-electron chi connectivity index (χ0n) is 16.4. The van der Waals surface area contributed by atoms with Crippen LogP contribution in [0.2, 0.25) is 0 Å². The molecule has 8 nitrogen and oxygen atoms in total. The number of rotatable bonds is 7. The minimum absolute atomic E-state index is 0.0258. The Morgan fingerprint density at radius 2 is 1.97 bits per heavy atom. The Bertz CT molecular complexity index is 813. The molecule has 0 aliphatic carbocycles. The van der Waals surface area contributed by atoms with Gasteiger partial charge >= 0.3 is 5.97 Å². The van der Waals surface area contributed by atoms with Gasteiger partial charge in [-0.25, -0.2) is 4.79 Å². The summed E-state index contributed by atoms with van der Waals surface area (Å²) in [6.45, 7) is 6.32. The molecule has 4 rings (SSSR count). The Hall–Kier alpha value is -2.42. The minimum Gasteiger partial charge on any atom is -0.492 e. The second kappa shape index (κ2) is 8.14. The first kappa shape index (κ1) is 19.9. The number of hydrogen-bond acceptors (Lipinski definition) is 6. The van der Waals surface area contributed by atoms with Gasteiger partial charge in [0.1, 0.15) is 18.1 Å². The molecule has 3 heterocycles. The van der Waals surface area contributed by atoms with Gasteiger partial charge in [0.15, 0.2) is 0 Å². The number of nitrogens with zero attached hydrogens (tertiary/aromatic N) is 2. The summed E-state index contributed by atoms with van der Waals surface area (Å²) in [5, 5.41) is 19.5. The lowest BCUT2D eigenvalue weighted by atomic mass is 9.82. The van der Waals surface area contributed by atoms with Crippen molar-refractivity contribution >= 4 is 17.4 Å². The van der Waals surface area contributed by atoms with Gasteiger partial charge in [0, 0.05) is 19.6 Å².